The van der Waals surface area contributed by atoms with E-state index >= 15 is 0 Å². The van der Waals surface area contributed by atoms with E-state index in [2.05, 4.69) is 15.3 Å². The van der Waals surface area contributed by atoms with Gasteiger partial charge in [0.05, 0.1) is 29.5 Å². The number of carbonyl (C=O) groups excluding carboxylic acids is 2. The number of rotatable bonds is 4. The number of ether oxygens (including phenoxy) is 1. The first kappa shape index (κ1) is 25.9. The molecule has 1 aliphatic heterocycles. The number of fused-ring (bicyclic) bond motifs is 1. The largest absolute Gasteiger partial charge is 0.458 e. The summed E-state index contributed by atoms with van der Waals surface area (Å²) in [5, 5.41) is 2.73. The zero-order chi connectivity index (χ0) is 26.7. The van der Waals surface area contributed by atoms with Crippen LogP contribution < -0.4 is 15.1 Å². The summed E-state index contributed by atoms with van der Waals surface area (Å²) in [4.78, 5) is 37.5. The maximum absolute atomic E-state index is 13.6. The Balaban J connectivity index is 1.84. The van der Waals surface area contributed by atoms with Crippen molar-refractivity contribution in [1.82, 2.24) is 9.97 Å². The molecule has 0 bridgehead atoms. The molecule has 2 aromatic heterocycles. The van der Waals surface area contributed by atoms with Crippen molar-refractivity contribution >= 4 is 29.3 Å². The zero-order valence-corrected chi connectivity index (χ0v) is 20.5. The third-order valence-corrected chi connectivity index (χ3v) is 6.07. The maximum atomic E-state index is 13.6. The number of likely N-dealkylation sites (N-methyl/N-ethyl adjacent to an activating group) is 1. The van der Waals surface area contributed by atoms with Crippen molar-refractivity contribution in [2.75, 3.05) is 28.2 Å². The summed E-state index contributed by atoms with van der Waals surface area (Å²) in [6.07, 6.45) is -3.68. The molecule has 2 amide bonds. The normalized spacial score (nSPS) is 17.6. The van der Waals surface area contributed by atoms with Crippen LogP contribution in [-0.4, -0.2) is 47.2 Å². The average Bonchev–Trinajstić information content (AvgIpc) is 2.97. The van der Waals surface area contributed by atoms with Crippen molar-refractivity contribution < 1.29 is 27.5 Å². The van der Waals surface area contributed by atoms with Gasteiger partial charge < -0.3 is 9.64 Å². The fourth-order valence-electron chi connectivity index (χ4n) is 4.24. The molecule has 1 aromatic carbocycles. The first-order valence-electron chi connectivity index (χ1n) is 11.7. The number of carbonyl (C=O) groups is 2. The number of urea groups is 1. The van der Waals surface area contributed by atoms with E-state index in [1.807, 2.05) is 11.8 Å². The predicted molar refractivity (Wildman–Crippen MR) is 133 cm³/mol. The second-order valence-corrected chi connectivity index (χ2v) is 8.56. The van der Waals surface area contributed by atoms with Gasteiger partial charge in [0.25, 0.3) is 0 Å². The molecule has 0 spiro atoms. The lowest BCUT2D eigenvalue weighted by Crippen LogP contribution is -2.50. The standard InChI is InChI=1S/C26H26F3N5O3/c1-4-33-15-22(37-17(3)35)16(2)34(25(36)32-23-10-5-6-13-30-23)24-21(33)12-11-20(31-24)18-8-7-9-19(14-18)26(27,28)29/h5-14,16,22H,4,15H2,1-3H3,(H,30,32,36)/t16-,22+/m1/s1. The lowest BCUT2D eigenvalue weighted by molar-refractivity contribution is -0.146. The topological polar surface area (TPSA) is 87.7 Å². The molecular formula is C26H26F3N5O3. The van der Waals surface area contributed by atoms with Crippen LogP contribution in [0.4, 0.5) is 35.3 Å². The first-order valence-corrected chi connectivity index (χ1v) is 11.7. The number of hydrogen-bond donors (Lipinski definition) is 1. The summed E-state index contributed by atoms with van der Waals surface area (Å²) in [6, 6.07) is 12.0. The minimum absolute atomic E-state index is 0.229. The predicted octanol–water partition coefficient (Wildman–Crippen LogP) is 5.36. The second kappa shape index (κ2) is 10.5. The molecule has 1 aliphatic rings. The van der Waals surface area contributed by atoms with Crippen molar-refractivity contribution in [3.8, 4) is 11.3 Å². The van der Waals surface area contributed by atoms with E-state index < -0.39 is 35.9 Å². The number of benzene rings is 1. The summed E-state index contributed by atoms with van der Waals surface area (Å²) in [5.74, 6) is 0.0322. The van der Waals surface area contributed by atoms with Crippen LogP contribution in [-0.2, 0) is 15.7 Å². The van der Waals surface area contributed by atoms with Crippen LogP contribution in [0.3, 0.4) is 0 Å². The molecule has 0 aliphatic carbocycles. The number of esters is 1. The monoisotopic (exact) mass is 513 g/mol. The van der Waals surface area contributed by atoms with Crippen molar-refractivity contribution in [1.29, 1.82) is 0 Å². The van der Waals surface area contributed by atoms with E-state index in [1.165, 1.54) is 30.2 Å². The molecule has 8 nitrogen and oxygen atoms in total. The van der Waals surface area contributed by atoms with E-state index in [-0.39, 0.29) is 17.1 Å². The van der Waals surface area contributed by atoms with Gasteiger partial charge in [-0.2, -0.15) is 13.2 Å². The molecule has 2 atom stereocenters. The molecular weight excluding hydrogens is 487 g/mol. The number of amides is 2. The molecule has 37 heavy (non-hydrogen) atoms. The molecule has 0 saturated carbocycles. The number of halogens is 3. The van der Waals surface area contributed by atoms with Crippen LogP contribution >= 0.6 is 0 Å². The van der Waals surface area contributed by atoms with Crippen molar-refractivity contribution in [3.05, 3.63) is 66.4 Å². The Kier molecular flexibility index (Phi) is 7.33. The lowest BCUT2D eigenvalue weighted by Gasteiger charge is -2.31. The summed E-state index contributed by atoms with van der Waals surface area (Å²) in [6.45, 7) is 5.74. The Hall–Kier alpha value is -4.15. The smallest absolute Gasteiger partial charge is 0.416 e. The molecule has 0 saturated heterocycles. The molecule has 0 radical (unpaired) electrons. The number of alkyl halides is 3. The highest BCUT2D eigenvalue weighted by atomic mass is 19.4. The third-order valence-electron chi connectivity index (χ3n) is 6.07. The second-order valence-electron chi connectivity index (χ2n) is 8.56. The van der Waals surface area contributed by atoms with Gasteiger partial charge in [-0.1, -0.05) is 18.2 Å². The van der Waals surface area contributed by atoms with Crippen molar-refractivity contribution in [2.24, 2.45) is 0 Å². The van der Waals surface area contributed by atoms with Gasteiger partial charge in [0.1, 0.15) is 11.9 Å². The van der Waals surface area contributed by atoms with E-state index in [1.54, 1.807) is 37.3 Å². The zero-order valence-electron chi connectivity index (χ0n) is 20.5. The average molecular weight is 514 g/mol. The Morgan fingerprint density at radius 3 is 2.57 bits per heavy atom. The summed E-state index contributed by atoms with van der Waals surface area (Å²) in [7, 11) is 0. The van der Waals surface area contributed by atoms with E-state index in [0.717, 1.165) is 12.1 Å². The molecule has 11 heteroatoms. The van der Waals surface area contributed by atoms with Gasteiger partial charge in [-0.3, -0.25) is 15.0 Å². The fraction of sp³-hybridized carbons (Fsp3) is 0.308. The summed E-state index contributed by atoms with van der Waals surface area (Å²) in [5.41, 5.74) is 0.287. The van der Waals surface area contributed by atoms with Crippen LogP contribution in [0.5, 0.6) is 0 Å². The molecule has 0 unspecified atom stereocenters. The Bertz CT molecular complexity index is 1290. The van der Waals surface area contributed by atoms with Crippen LogP contribution in [0, 0.1) is 0 Å². The molecule has 3 heterocycles. The van der Waals surface area contributed by atoms with Gasteiger partial charge in [0.2, 0.25) is 0 Å². The van der Waals surface area contributed by atoms with Crippen LogP contribution in [0.15, 0.2) is 60.8 Å². The molecule has 0 fully saturated rings. The van der Waals surface area contributed by atoms with Crippen molar-refractivity contribution in [3.63, 3.8) is 0 Å². The molecule has 1 N–H and O–H groups in total. The van der Waals surface area contributed by atoms with Gasteiger partial charge in [-0.05, 0) is 50.2 Å². The minimum atomic E-state index is -4.51. The van der Waals surface area contributed by atoms with Gasteiger partial charge in [0.15, 0.2) is 5.82 Å². The van der Waals surface area contributed by atoms with Gasteiger partial charge in [-0.25, -0.2) is 14.8 Å². The van der Waals surface area contributed by atoms with Gasteiger partial charge in [0, 0.05) is 25.2 Å². The van der Waals surface area contributed by atoms with E-state index in [4.69, 9.17) is 4.74 Å². The SMILES string of the molecule is CCN1C[C@H](OC(C)=O)[C@@H](C)N(C(=O)Nc2ccccn2)c2nc(-c3cccc(C(F)(F)F)c3)ccc21. The van der Waals surface area contributed by atoms with Crippen LogP contribution in [0.2, 0.25) is 0 Å². The number of nitrogens with zero attached hydrogens (tertiary/aromatic N) is 4. The highest BCUT2D eigenvalue weighted by molar-refractivity contribution is 6.03. The number of anilines is 3. The molecule has 3 aromatic rings. The highest BCUT2D eigenvalue weighted by Gasteiger charge is 2.39. The number of aromatic nitrogens is 2. The minimum Gasteiger partial charge on any atom is -0.458 e. The fourth-order valence-corrected chi connectivity index (χ4v) is 4.24. The summed E-state index contributed by atoms with van der Waals surface area (Å²) < 4.78 is 45.6. The van der Waals surface area contributed by atoms with Crippen LogP contribution in [0.25, 0.3) is 11.3 Å². The molecule has 194 valence electrons. The molecule has 4 rings (SSSR count). The quantitative estimate of drug-likeness (QED) is 0.473. The Labute approximate surface area is 212 Å². The van der Waals surface area contributed by atoms with E-state index in [9.17, 15) is 22.8 Å². The Morgan fingerprint density at radius 2 is 1.92 bits per heavy atom. The number of pyridine rings is 2. The van der Waals surface area contributed by atoms with Gasteiger partial charge >= 0.3 is 18.2 Å². The van der Waals surface area contributed by atoms with Crippen LogP contribution in [0.1, 0.15) is 26.3 Å². The maximum Gasteiger partial charge on any atom is 0.416 e. The lowest BCUT2D eigenvalue weighted by atomic mass is 10.1. The van der Waals surface area contributed by atoms with E-state index in [0.29, 0.717) is 24.6 Å². The number of hydrogen-bond acceptors (Lipinski definition) is 6. The summed E-state index contributed by atoms with van der Waals surface area (Å²) >= 11 is 0. The highest BCUT2D eigenvalue weighted by Crippen LogP contribution is 2.37. The number of nitrogens with one attached hydrogen (secondary N) is 1. The van der Waals surface area contributed by atoms with Gasteiger partial charge in [-0.15, -0.1) is 0 Å². The Morgan fingerprint density at radius 1 is 1.14 bits per heavy atom. The van der Waals surface area contributed by atoms with Crippen molar-refractivity contribution in [2.45, 2.75) is 39.1 Å². The third kappa shape index (κ3) is 5.65. The first-order chi connectivity index (χ1) is 17.6.